The van der Waals surface area contributed by atoms with Gasteiger partial charge in [-0.2, -0.15) is 5.10 Å². The van der Waals surface area contributed by atoms with Crippen molar-refractivity contribution in [3.8, 4) is 28.7 Å². The monoisotopic (exact) mass is 942 g/mol. The van der Waals surface area contributed by atoms with Crippen LogP contribution >= 0.6 is 0 Å². The number of ketones is 1. The molecule has 5 bridgehead atoms. The number of hydrazone groups is 1. The van der Waals surface area contributed by atoms with Crippen LogP contribution in [0.2, 0.25) is 0 Å². The van der Waals surface area contributed by atoms with Crippen LogP contribution in [0, 0.1) is 30.6 Å². The average molecular weight is 943 g/mol. The van der Waals surface area contributed by atoms with Gasteiger partial charge in [-0.15, -0.1) is 0 Å². The van der Waals surface area contributed by atoms with Crippen LogP contribution in [0.1, 0.15) is 89.4 Å². The fraction of sp³-hybridized carbons (Fsp3) is 0.490. The molecule has 3 aromatic carbocycles. The number of allylic oxidation sites excluding steroid dienone is 2. The van der Waals surface area contributed by atoms with Gasteiger partial charge < -0.3 is 54.9 Å². The number of phenolic OH excluding ortho intramolecular Hbond substituents is 4. The number of benzene rings is 3. The van der Waals surface area contributed by atoms with E-state index in [1.54, 1.807) is 52.0 Å². The summed E-state index contributed by atoms with van der Waals surface area (Å²) in [7, 11) is 1.43. The number of nitrogens with one attached hydrogen (secondary N) is 1. The van der Waals surface area contributed by atoms with Crippen molar-refractivity contribution in [2.24, 2.45) is 28.8 Å². The van der Waals surface area contributed by atoms with Crippen LogP contribution in [-0.2, 0) is 30.3 Å². The zero-order chi connectivity index (χ0) is 50.1. The van der Waals surface area contributed by atoms with Crippen molar-refractivity contribution >= 4 is 40.3 Å². The molecule has 4 aliphatic heterocycles. The molecule has 17 heteroatoms. The molecule has 0 spiro atoms. The number of aromatic hydroxyl groups is 4. The number of esters is 1. The summed E-state index contributed by atoms with van der Waals surface area (Å²) in [5, 5.41) is 77.8. The van der Waals surface area contributed by atoms with Gasteiger partial charge in [0.2, 0.25) is 0 Å². The number of amides is 1. The van der Waals surface area contributed by atoms with E-state index in [9.17, 15) is 45.0 Å². The number of aliphatic hydroxyl groups is 2. The zero-order valence-corrected chi connectivity index (χ0v) is 40.6. The second-order valence-corrected chi connectivity index (χ2v) is 18.8. The van der Waals surface area contributed by atoms with Crippen LogP contribution in [0.3, 0.4) is 0 Å². The standard InChI is InChI=1S/C51H66N4O13/c1-25-13-12-14-26(2)50(64)53-41-36(21-52-55-27(3)22-54(23-28(55)4)24-34-15-17-35(57)18-16-34)45(61)38-39(46(41)62)44(60)32(8)48-40(38)49(63)51(10,68-48)66-20-19-37(65-11)29(5)47(67-33(9)56)31(7)43(59)30(6)42(25)58/h12-21,25,27-31,37,42-43,47,57-62H,22-24H2,1-11H3,(H,53,64)/b13-12?,20-19?,26-14?,52-21+. The number of nitrogens with zero attached hydrogens (tertiary/aromatic N) is 3. The van der Waals surface area contributed by atoms with E-state index in [0.29, 0.717) is 19.6 Å². The number of carbonyl (C=O) groups is 3. The molecule has 11 unspecified atom stereocenters. The summed E-state index contributed by atoms with van der Waals surface area (Å²) in [5.41, 5.74) is 0.548. The molecule has 3 aromatic rings. The molecular weight excluding hydrogens is 877 g/mol. The predicted octanol–water partition coefficient (Wildman–Crippen LogP) is 6.39. The van der Waals surface area contributed by atoms with Gasteiger partial charge in [0.15, 0.2) is 5.75 Å². The van der Waals surface area contributed by atoms with E-state index in [2.05, 4.69) is 10.2 Å². The summed E-state index contributed by atoms with van der Waals surface area (Å²) in [6, 6.07) is 6.70. The van der Waals surface area contributed by atoms with Crippen molar-refractivity contribution in [2.75, 3.05) is 25.5 Å². The van der Waals surface area contributed by atoms with Gasteiger partial charge in [0.25, 0.3) is 11.7 Å². The number of Topliss-reactive ketones (excluding diaryl/α,β-unsaturated/α-hetero) is 1. The maximum atomic E-state index is 14.6. The first-order valence-electron chi connectivity index (χ1n) is 22.9. The highest BCUT2D eigenvalue weighted by molar-refractivity contribution is 6.23. The minimum absolute atomic E-state index is 0.0378. The van der Waals surface area contributed by atoms with Gasteiger partial charge >= 0.3 is 11.8 Å². The van der Waals surface area contributed by atoms with Crippen LogP contribution < -0.4 is 10.1 Å². The van der Waals surface area contributed by atoms with Gasteiger partial charge in [0.1, 0.15) is 29.1 Å². The Bertz CT molecular complexity index is 2510. The summed E-state index contributed by atoms with van der Waals surface area (Å²) >= 11 is 0. The fourth-order valence-corrected chi connectivity index (χ4v) is 9.64. The molecule has 1 fully saturated rings. The molecule has 68 heavy (non-hydrogen) atoms. The Morgan fingerprint density at radius 1 is 0.897 bits per heavy atom. The molecular formula is C51H66N4O13. The predicted molar refractivity (Wildman–Crippen MR) is 256 cm³/mol. The Labute approximate surface area is 396 Å². The van der Waals surface area contributed by atoms with Gasteiger partial charge in [0.05, 0.1) is 65.1 Å². The third-order valence-corrected chi connectivity index (χ3v) is 13.6. The number of hydrogen-bond acceptors (Lipinski definition) is 16. The minimum Gasteiger partial charge on any atom is -0.508 e. The summed E-state index contributed by atoms with van der Waals surface area (Å²) in [4.78, 5) is 43.3. The number of aliphatic hydroxyl groups excluding tert-OH is 2. The van der Waals surface area contributed by atoms with Gasteiger partial charge in [-0.3, -0.25) is 24.3 Å². The van der Waals surface area contributed by atoms with E-state index in [4.69, 9.17) is 24.0 Å². The number of methoxy groups -OCH3 is 1. The number of rotatable bonds is 6. The minimum atomic E-state index is -2.08. The lowest BCUT2D eigenvalue weighted by Crippen LogP contribution is -2.54. The number of anilines is 1. The van der Waals surface area contributed by atoms with Crippen molar-refractivity contribution in [1.82, 2.24) is 9.91 Å². The molecule has 4 aliphatic rings. The lowest BCUT2D eigenvalue weighted by molar-refractivity contribution is -0.160. The molecule has 7 rings (SSSR count). The van der Waals surface area contributed by atoms with E-state index in [1.165, 1.54) is 59.4 Å². The van der Waals surface area contributed by atoms with E-state index in [0.717, 1.165) is 5.56 Å². The highest BCUT2D eigenvalue weighted by Crippen LogP contribution is 2.55. The van der Waals surface area contributed by atoms with Gasteiger partial charge in [-0.1, -0.05) is 58.1 Å². The van der Waals surface area contributed by atoms with Crippen LogP contribution in [-0.4, -0.2) is 127 Å². The molecule has 0 saturated carbocycles. The molecule has 1 saturated heterocycles. The first-order valence-corrected chi connectivity index (χ1v) is 22.9. The van der Waals surface area contributed by atoms with Crippen LogP contribution in [0.25, 0.3) is 10.8 Å². The summed E-state index contributed by atoms with van der Waals surface area (Å²) in [6.07, 6.45) is 4.78. The molecule has 368 valence electrons. The van der Waals surface area contributed by atoms with E-state index in [-0.39, 0.29) is 62.3 Å². The molecule has 17 nitrogen and oxygen atoms in total. The Morgan fingerprint density at radius 2 is 1.54 bits per heavy atom. The highest BCUT2D eigenvalue weighted by Gasteiger charge is 2.50. The molecule has 7 N–H and O–H groups in total. The second kappa shape index (κ2) is 20.6. The topological polar surface area (TPSA) is 240 Å². The highest BCUT2D eigenvalue weighted by atomic mass is 16.7. The molecule has 1 amide bonds. The number of hydrogen-bond donors (Lipinski definition) is 7. The zero-order valence-electron chi connectivity index (χ0n) is 40.6. The Hall–Kier alpha value is -6.14. The van der Waals surface area contributed by atoms with E-state index >= 15 is 0 Å². The second-order valence-electron chi connectivity index (χ2n) is 18.8. The number of carbonyl (C=O) groups excluding carboxylic acids is 3. The number of fused-ring (bicyclic) bond motifs is 14. The van der Waals surface area contributed by atoms with E-state index < -0.39 is 88.8 Å². The number of ether oxygens (including phenoxy) is 4. The summed E-state index contributed by atoms with van der Waals surface area (Å²) in [6.45, 7) is 18.3. The maximum absolute atomic E-state index is 14.6. The number of piperazine rings is 1. The molecule has 0 radical (unpaired) electrons. The molecule has 11 atom stereocenters. The normalized spacial score (nSPS) is 29.8. The van der Waals surface area contributed by atoms with Gasteiger partial charge in [-0.25, -0.2) is 0 Å². The summed E-state index contributed by atoms with van der Waals surface area (Å²) in [5.74, 6) is -8.43. The lowest BCUT2D eigenvalue weighted by atomic mass is 9.78. The third-order valence-electron chi connectivity index (χ3n) is 13.6. The maximum Gasteiger partial charge on any atom is 0.312 e. The summed E-state index contributed by atoms with van der Waals surface area (Å²) < 4.78 is 23.8. The SMILES string of the molecule is COC1C=COC2(C)Oc3c(C)c(O)c4c(O)c(c(/C=N/N5C(C)CN(Cc6ccc(O)cc6)CC5C)c(O)c4c3C2=O)NC(=O)C(C)=CC=CC(C)C(O)C(C)C(O)C(C)C(OC(C)=O)C1C. The molecule has 0 aliphatic carbocycles. The smallest absolute Gasteiger partial charge is 0.312 e. The van der Waals surface area contributed by atoms with Crippen molar-refractivity contribution in [2.45, 2.75) is 118 Å². The van der Waals surface area contributed by atoms with Crippen LogP contribution in [0.4, 0.5) is 5.69 Å². The van der Waals surface area contributed by atoms with Crippen molar-refractivity contribution in [3.63, 3.8) is 0 Å². The fourth-order valence-electron chi connectivity index (χ4n) is 9.64. The van der Waals surface area contributed by atoms with Crippen molar-refractivity contribution in [1.29, 1.82) is 0 Å². The Morgan fingerprint density at radius 3 is 2.16 bits per heavy atom. The largest absolute Gasteiger partial charge is 0.508 e. The van der Waals surface area contributed by atoms with Crippen LogP contribution in [0.15, 0.2) is 65.5 Å². The van der Waals surface area contributed by atoms with Gasteiger partial charge in [0, 0.05) is 80.8 Å². The molecule has 0 aromatic heterocycles. The molecule has 4 heterocycles. The van der Waals surface area contributed by atoms with E-state index in [1.807, 2.05) is 31.0 Å². The van der Waals surface area contributed by atoms with Gasteiger partial charge in [-0.05, 0) is 51.5 Å². The first-order chi connectivity index (χ1) is 32.0. The van der Waals surface area contributed by atoms with Crippen molar-refractivity contribution < 1.29 is 64.0 Å². The van der Waals surface area contributed by atoms with Crippen molar-refractivity contribution in [3.05, 3.63) is 82.7 Å². The Balaban J connectivity index is 1.48. The average Bonchev–Trinajstić information content (AvgIpc) is 3.55. The van der Waals surface area contributed by atoms with Crippen LogP contribution in [0.5, 0.6) is 28.7 Å². The number of phenols is 4. The Kier molecular flexibility index (Phi) is 15.5. The quantitative estimate of drug-likeness (QED) is 0.0614. The third kappa shape index (κ3) is 10.2. The lowest BCUT2D eigenvalue weighted by Gasteiger charge is -2.42. The first kappa shape index (κ1) is 51.3.